The Morgan fingerprint density at radius 3 is 2.50 bits per heavy atom. The Kier molecular flexibility index (Phi) is 9.66. The second-order valence-electron chi connectivity index (χ2n) is 11.5. The van der Waals surface area contributed by atoms with Crippen LogP contribution in [-0.4, -0.2) is 46.8 Å². The number of thiazole rings is 1. The molecule has 1 aliphatic heterocycles. The summed E-state index contributed by atoms with van der Waals surface area (Å²) in [5.74, 6) is 1.36. The predicted octanol–water partition coefficient (Wildman–Crippen LogP) is 5.92. The first-order valence-electron chi connectivity index (χ1n) is 13.9. The third-order valence-corrected chi connectivity index (χ3v) is 7.49. The number of pyridine rings is 1. The van der Waals surface area contributed by atoms with Gasteiger partial charge in [0.15, 0.2) is 5.13 Å². The van der Waals surface area contributed by atoms with Gasteiger partial charge in [-0.2, -0.15) is 0 Å². The average Bonchev–Trinajstić information content (AvgIpc) is 3.34. The third kappa shape index (κ3) is 8.65. The van der Waals surface area contributed by atoms with Crippen LogP contribution in [0.2, 0.25) is 0 Å². The summed E-state index contributed by atoms with van der Waals surface area (Å²) in [6.45, 7) is 11.2. The van der Waals surface area contributed by atoms with E-state index in [-0.39, 0.29) is 5.91 Å². The largest absolute Gasteiger partial charge is 0.444 e. The number of hydrogen-bond donors (Lipinski definition) is 3. The van der Waals surface area contributed by atoms with Gasteiger partial charge in [0.2, 0.25) is 0 Å². The summed E-state index contributed by atoms with van der Waals surface area (Å²) in [6, 6.07) is 8.66. The number of carbonyl (C=O) groups excluding carboxylic acids is 3. The minimum absolute atomic E-state index is 0.275. The van der Waals surface area contributed by atoms with Crippen molar-refractivity contribution in [1.29, 1.82) is 0 Å². The van der Waals surface area contributed by atoms with Crippen molar-refractivity contribution in [1.82, 2.24) is 9.97 Å². The van der Waals surface area contributed by atoms with Gasteiger partial charge in [0.25, 0.3) is 5.91 Å². The van der Waals surface area contributed by atoms with Gasteiger partial charge < -0.3 is 25.4 Å². The van der Waals surface area contributed by atoms with Gasteiger partial charge in [0, 0.05) is 29.9 Å². The number of ether oxygens (including phenoxy) is 2. The highest BCUT2D eigenvalue weighted by Gasteiger charge is 2.23. The number of aryl methyl sites for hydroxylation is 3. The number of rotatable bonds is 8. The molecule has 2 aromatic heterocycles. The first-order chi connectivity index (χ1) is 19.9. The number of anilines is 3. The SMILES string of the molecule is Cc1ccc(C(=O)Nc2ccc(OC(N)=O)c(CCc3csc(NC(=O)OC(C)(C)C)n3)c2)c(N2CCC(C)CC2)n1. The molecule has 0 bridgehead atoms. The van der Waals surface area contributed by atoms with E-state index in [0.29, 0.717) is 52.3 Å². The molecule has 12 heteroatoms. The van der Waals surface area contributed by atoms with Crippen LogP contribution in [-0.2, 0) is 17.6 Å². The van der Waals surface area contributed by atoms with E-state index in [1.54, 1.807) is 39.0 Å². The second kappa shape index (κ2) is 13.2. The van der Waals surface area contributed by atoms with Crippen LogP contribution in [0.3, 0.4) is 0 Å². The van der Waals surface area contributed by atoms with Gasteiger partial charge in [-0.25, -0.2) is 19.6 Å². The van der Waals surface area contributed by atoms with Crippen molar-refractivity contribution in [2.75, 3.05) is 28.6 Å². The minimum Gasteiger partial charge on any atom is -0.444 e. The quantitative estimate of drug-likeness (QED) is 0.291. The molecule has 0 spiro atoms. The zero-order chi connectivity index (χ0) is 30.4. The average molecular weight is 595 g/mol. The molecule has 3 amide bonds. The van der Waals surface area contributed by atoms with E-state index >= 15 is 0 Å². The maximum absolute atomic E-state index is 13.4. The summed E-state index contributed by atoms with van der Waals surface area (Å²) in [5, 5.41) is 7.87. The Balaban J connectivity index is 1.48. The fourth-order valence-corrected chi connectivity index (χ4v) is 5.30. The van der Waals surface area contributed by atoms with Crippen LogP contribution in [0.1, 0.15) is 67.8 Å². The third-order valence-electron chi connectivity index (χ3n) is 6.68. The normalized spacial score (nSPS) is 13.9. The van der Waals surface area contributed by atoms with Gasteiger partial charge in [-0.15, -0.1) is 11.3 Å². The zero-order valence-corrected chi connectivity index (χ0v) is 25.5. The number of hydrogen-bond acceptors (Lipinski definition) is 9. The molecule has 42 heavy (non-hydrogen) atoms. The molecule has 4 N–H and O–H groups in total. The van der Waals surface area contributed by atoms with Gasteiger partial charge in [0.05, 0.1) is 11.3 Å². The molecule has 0 radical (unpaired) electrons. The van der Waals surface area contributed by atoms with E-state index in [2.05, 4.69) is 27.4 Å². The highest BCUT2D eigenvalue weighted by Crippen LogP contribution is 2.29. The van der Waals surface area contributed by atoms with E-state index in [1.165, 1.54) is 11.3 Å². The number of carbonyl (C=O) groups is 3. The Hall–Kier alpha value is -4.19. The molecule has 1 saturated heterocycles. The Labute approximate surface area is 249 Å². The summed E-state index contributed by atoms with van der Waals surface area (Å²) in [7, 11) is 0. The fourth-order valence-electron chi connectivity index (χ4n) is 4.57. The molecular weight excluding hydrogens is 556 g/mol. The fraction of sp³-hybridized carbons (Fsp3) is 0.433. The van der Waals surface area contributed by atoms with Gasteiger partial charge in [-0.1, -0.05) is 6.92 Å². The van der Waals surface area contributed by atoms with Crippen molar-refractivity contribution in [3.63, 3.8) is 0 Å². The first kappa shape index (κ1) is 30.8. The first-order valence-corrected chi connectivity index (χ1v) is 14.8. The lowest BCUT2D eigenvalue weighted by atomic mass is 9.99. The Morgan fingerprint density at radius 1 is 1.07 bits per heavy atom. The molecule has 4 rings (SSSR count). The van der Waals surface area contributed by atoms with Crippen molar-refractivity contribution < 1.29 is 23.9 Å². The summed E-state index contributed by atoms with van der Waals surface area (Å²) in [6.07, 6.45) is 1.52. The summed E-state index contributed by atoms with van der Waals surface area (Å²) >= 11 is 1.28. The van der Waals surface area contributed by atoms with E-state index in [0.717, 1.165) is 37.3 Å². The molecule has 3 heterocycles. The highest BCUT2D eigenvalue weighted by atomic mass is 32.1. The van der Waals surface area contributed by atoms with Crippen LogP contribution in [0.15, 0.2) is 35.7 Å². The van der Waals surface area contributed by atoms with Gasteiger partial charge in [0.1, 0.15) is 17.2 Å². The topological polar surface area (TPSA) is 149 Å². The van der Waals surface area contributed by atoms with E-state index in [4.69, 9.17) is 20.2 Å². The van der Waals surface area contributed by atoms with Gasteiger partial charge in [-0.3, -0.25) is 10.1 Å². The van der Waals surface area contributed by atoms with Crippen LogP contribution in [0.5, 0.6) is 5.75 Å². The number of piperidine rings is 1. The maximum Gasteiger partial charge on any atom is 0.413 e. The second-order valence-corrected chi connectivity index (χ2v) is 12.3. The van der Waals surface area contributed by atoms with Crippen LogP contribution in [0.4, 0.5) is 26.2 Å². The van der Waals surface area contributed by atoms with Crippen LogP contribution in [0, 0.1) is 12.8 Å². The minimum atomic E-state index is -0.934. The van der Waals surface area contributed by atoms with Gasteiger partial charge >= 0.3 is 12.2 Å². The van der Waals surface area contributed by atoms with E-state index in [1.807, 2.05) is 24.4 Å². The summed E-state index contributed by atoms with van der Waals surface area (Å²) in [5.41, 5.74) is 7.95. The van der Waals surface area contributed by atoms with Crippen LogP contribution in [0.25, 0.3) is 0 Å². The molecule has 0 atom stereocenters. The Morgan fingerprint density at radius 2 is 1.81 bits per heavy atom. The molecule has 1 aliphatic rings. The number of aromatic nitrogens is 2. The molecule has 1 fully saturated rings. The zero-order valence-electron chi connectivity index (χ0n) is 24.7. The molecule has 0 unspecified atom stereocenters. The maximum atomic E-state index is 13.4. The summed E-state index contributed by atoms with van der Waals surface area (Å²) in [4.78, 5) is 48.4. The predicted molar refractivity (Wildman–Crippen MR) is 164 cm³/mol. The molecule has 3 aromatic rings. The highest BCUT2D eigenvalue weighted by molar-refractivity contribution is 7.13. The van der Waals surface area contributed by atoms with E-state index < -0.39 is 17.8 Å². The number of nitrogens with zero attached hydrogens (tertiary/aromatic N) is 3. The number of nitrogens with one attached hydrogen (secondary N) is 2. The molecule has 0 saturated carbocycles. The van der Waals surface area contributed by atoms with Crippen LogP contribution >= 0.6 is 11.3 Å². The lowest BCUT2D eigenvalue weighted by Gasteiger charge is -2.32. The number of benzene rings is 1. The van der Waals surface area contributed by atoms with Crippen molar-refractivity contribution >= 4 is 46.1 Å². The van der Waals surface area contributed by atoms with Crippen molar-refractivity contribution in [2.24, 2.45) is 11.7 Å². The monoisotopic (exact) mass is 594 g/mol. The summed E-state index contributed by atoms with van der Waals surface area (Å²) < 4.78 is 10.5. The van der Waals surface area contributed by atoms with E-state index in [9.17, 15) is 14.4 Å². The molecule has 1 aromatic carbocycles. The molecule has 11 nitrogen and oxygen atoms in total. The van der Waals surface area contributed by atoms with Crippen molar-refractivity contribution in [2.45, 2.75) is 65.9 Å². The van der Waals surface area contributed by atoms with Crippen molar-refractivity contribution in [3.8, 4) is 5.75 Å². The van der Waals surface area contributed by atoms with Crippen molar-refractivity contribution in [3.05, 3.63) is 58.2 Å². The molecular formula is C30H38N6O5S. The number of primary amides is 1. The van der Waals surface area contributed by atoms with Crippen LogP contribution < -0.4 is 26.0 Å². The lowest BCUT2D eigenvalue weighted by Crippen LogP contribution is -2.35. The number of nitrogens with two attached hydrogens (primary N) is 1. The van der Waals surface area contributed by atoms with Gasteiger partial charge in [-0.05, 0) is 95.2 Å². The smallest absolute Gasteiger partial charge is 0.413 e. The molecule has 224 valence electrons. The Bertz CT molecular complexity index is 1440. The molecule has 0 aliphatic carbocycles. The number of amides is 3. The lowest BCUT2D eigenvalue weighted by molar-refractivity contribution is 0.0635. The standard InChI is InChI=1S/C30H38N6O5S/c1-18-12-14-36(15-13-18)25-23(10-6-19(2)32-25)26(37)33-21-9-11-24(40-27(31)38)20(16-21)7-8-22-17-42-28(34-22)35-29(39)41-30(3,4)5/h6,9-11,16-18H,7-8,12-15H2,1-5H3,(H2,31,38)(H,33,37)(H,34,35,39).